The number of hydrogen-bond donors (Lipinski definition) is 0. The third kappa shape index (κ3) is 2.55. The lowest BCUT2D eigenvalue weighted by Crippen LogP contribution is -1.98. The molecule has 0 atom stereocenters. The normalized spacial score (nSPS) is 11.6. The minimum absolute atomic E-state index is 0.497. The number of rotatable bonds is 4. The summed E-state index contributed by atoms with van der Waals surface area (Å²) in [4.78, 5) is 0. The molecular weight excluding hydrogens is 294 g/mol. The Morgan fingerprint density at radius 1 is 1.35 bits per heavy atom. The van der Waals surface area contributed by atoms with Crippen molar-refractivity contribution in [2.45, 2.75) is 32.6 Å². The highest BCUT2D eigenvalue weighted by Crippen LogP contribution is 2.32. The van der Waals surface area contributed by atoms with Crippen LogP contribution in [-0.2, 0) is 5.75 Å². The monoisotopic (exact) mass is 311 g/mol. The largest absolute Gasteiger partial charge is 0.344 e. The van der Waals surface area contributed by atoms with E-state index >= 15 is 0 Å². The van der Waals surface area contributed by atoms with E-state index in [1.165, 1.54) is 26.7 Å². The summed E-state index contributed by atoms with van der Waals surface area (Å²) in [6.45, 7) is 6.67. The van der Waals surface area contributed by atoms with Crippen molar-refractivity contribution in [3.8, 4) is 0 Å². The molecule has 0 fully saturated rings. The van der Waals surface area contributed by atoms with Crippen molar-refractivity contribution in [2.24, 2.45) is 0 Å². The van der Waals surface area contributed by atoms with Gasteiger partial charge in [0.05, 0.1) is 5.52 Å². The fourth-order valence-electron chi connectivity index (χ4n) is 2.07. The number of hydrogen-bond acceptors (Lipinski definition) is 1. The zero-order valence-corrected chi connectivity index (χ0v) is 12.9. The maximum Gasteiger partial charge on any atom is 0.0630 e. The number of fused-ring (bicyclic) bond motifs is 1. The van der Waals surface area contributed by atoms with Gasteiger partial charge in [-0.25, -0.2) is 0 Å². The van der Waals surface area contributed by atoms with Crippen molar-refractivity contribution < 1.29 is 0 Å². The molecule has 1 heterocycles. The fourth-order valence-corrected chi connectivity index (χ4v) is 3.30. The molecule has 0 aliphatic heterocycles. The number of para-hydroxylation sites is 1. The van der Waals surface area contributed by atoms with Crippen LogP contribution in [0, 0.1) is 0 Å². The Kier molecular flexibility index (Phi) is 4.21. The molecule has 0 aliphatic carbocycles. The van der Waals surface area contributed by atoms with Gasteiger partial charge in [0, 0.05) is 27.9 Å². The molecule has 0 saturated carbocycles. The molecule has 0 radical (unpaired) electrons. The Bertz CT molecular complexity index is 516. The molecule has 0 unspecified atom stereocenters. The average Bonchev–Trinajstić information content (AvgIpc) is 2.67. The minimum atomic E-state index is 0.497. The molecule has 0 saturated heterocycles. The predicted octanol–water partition coefficient (Wildman–Crippen LogP) is 5.24. The highest BCUT2D eigenvalue weighted by molar-refractivity contribution is 9.10. The van der Waals surface area contributed by atoms with Crippen LogP contribution in [0.4, 0.5) is 0 Å². The van der Waals surface area contributed by atoms with Gasteiger partial charge in [-0.3, -0.25) is 0 Å². The molecule has 0 amide bonds. The molecule has 0 aliphatic rings. The van der Waals surface area contributed by atoms with Crippen LogP contribution in [-0.4, -0.2) is 10.3 Å². The number of benzene rings is 1. The van der Waals surface area contributed by atoms with Crippen LogP contribution in [0.5, 0.6) is 0 Å². The van der Waals surface area contributed by atoms with Crippen LogP contribution < -0.4 is 0 Å². The first-order valence-corrected chi connectivity index (χ1v) is 7.95. The summed E-state index contributed by atoms with van der Waals surface area (Å²) in [5.74, 6) is 2.27. The first-order valence-electron chi connectivity index (χ1n) is 6.00. The SMILES string of the molecule is CCSCc1cn(C(C)C)c2c(Br)cccc12. The molecule has 1 nitrogen and oxygen atoms in total. The summed E-state index contributed by atoms with van der Waals surface area (Å²) in [6.07, 6.45) is 2.31. The van der Waals surface area contributed by atoms with Crippen molar-refractivity contribution in [3.05, 3.63) is 34.4 Å². The van der Waals surface area contributed by atoms with E-state index < -0.39 is 0 Å². The van der Waals surface area contributed by atoms with Gasteiger partial charge in [-0.05, 0) is 47.2 Å². The summed E-state index contributed by atoms with van der Waals surface area (Å²) in [5.41, 5.74) is 2.77. The van der Waals surface area contributed by atoms with Crippen molar-refractivity contribution >= 4 is 38.6 Å². The summed E-state index contributed by atoms with van der Waals surface area (Å²) in [7, 11) is 0. The van der Waals surface area contributed by atoms with E-state index in [0.717, 1.165) is 5.75 Å². The van der Waals surface area contributed by atoms with E-state index in [1.54, 1.807) is 0 Å². The van der Waals surface area contributed by atoms with Gasteiger partial charge in [0.25, 0.3) is 0 Å². The minimum Gasteiger partial charge on any atom is -0.344 e. The van der Waals surface area contributed by atoms with E-state index in [-0.39, 0.29) is 0 Å². The third-order valence-corrected chi connectivity index (χ3v) is 4.47. The van der Waals surface area contributed by atoms with E-state index in [0.29, 0.717) is 6.04 Å². The maximum absolute atomic E-state index is 3.67. The molecule has 17 heavy (non-hydrogen) atoms. The smallest absolute Gasteiger partial charge is 0.0630 e. The molecule has 1 aromatic carbocycles. The lowest BCUT2D eigenvalue weighted by atomic mass is 10.2. The summed E-state index contributed by atoms with van der Waals surface area (Å²) in [5, 5.41) is 1.38. The Hall–Kier alpha value is -0.410. The Balaban J connectivity index is 2.58. The predicted molar refractivity (Wildman–Crippen MR) is 81.9 cm³/mol. The van der Waals surface area contributed by atoms with Gasteiger partial charge < -0.3 is 4.57 Å². The van der Waals surface area contributed by atoms with Gasteiger partial charge in [0.1, 0.15) is 0 Å². The van der Waals surface area contributed by atoms with Crippen LogP contribution in [0.2, 0.25) is 0 Å². The van der Waals surface area contributed by atoms with E-state index in [9.17, 15) is 0 Å². The van der Waals surface area contributed by atoms with Crippen molar-refractivity contribution in [1.82, 2.24) is 4.57 Å². The second kappa shape index (κ2) is 5.49. The molecule has 1 aromatic heterocycles. The molecular formula is C14H18BrNS. The Morgan fingerprint density at radius 2 is 2.12 bits per heavy atom. The lowest BCUT2D eigenvalue weighted by Gasteiger charge is -2.09. The number of thioether (sulfide) groups is 1. The zero-order chi connectivity index (χ0) is 12.4. The van der Waals surface area contributed by atoms with E-state index in [2.05, 4.69) is 65.7 Å². The van der Waals surface area contributed by atoms with Crippen molar-refractivity contribution in [3.63, 3.8) is 0 Å². The molecule has 0 bridgehead atoms. The summed E-state index contributed by atoms with van der Waals surface area (Å²) >= 11 is 5.65. The van der Waals surface area contributed by atoms with Gasteiger partial charge in [-0.2, -0.15) is 11.8 Å². The second-order valence-corrected chi connectivity index (χ2v) is 6.56. The maximum atomic E-state index is 3.67. The topological polar surface area (TPSA) is 4.93 Å². The van der Waals surface area contributed by atoms with Gasteiger partial charge in [0.2, 0.25) is 0 Å². The standard InChI is InChI=1S/C14H18BrNS/c1-4-17-9-11-8-16(10(2)3)14-12(11)6-5-7-13(14)15/h5-8,10H,4,9H2,1-3H3. The number of nitrogens with zero attached hydrogens (tertiary/aromatic N) is 1. The molecule has 92 valence electrons. The van der Waals surface area contributed by atoms with Gasteiger partial charge in [-0.1, -0.05) is 19.1 Å². The Labute approximate surface area is 116 Å². The summed E-state index contributed by atoms with van der Waals surface area (Å²) < 4.78 is 3.56. The van der Waals surface area contributed by atoms with Crippen LogP contribution in [0.1, 0.15) is 32.4 Å². The summed E-state index contributed by atoms with van der Waals surface area (Å²) in [6, 6.07) is 6.97. The van der Waals surface area contributed by atoms with Crippen LogP contribution >= 0.6 is 27.7 Å². The number of aromatic nitrogens is 1. The van der Waals surface area contributed by atoms with Crippen LogP contribution in [0.25, 0.3) is 10.9 Å². The quantitative estimate of drug-likeness (QED) is 0.747. The molecule has 2 rings (SSSR count). The lowest BCUT2D eigenvalue weighted by molar-refractivity contribution is 0.621. The highest BCUT2D eigenvalue weighted by Gasteiger charge is 2.12. The second-order valence-electron chi connectivity index (χ2n) is 4.43. The zero-order valence-electron chi connectivity index (χ0n) is 10.5. The Morgan fingerprint density at radius 3 is 2.76 bits per heavy atom. The molecule has 3 heteroatoms. The molecule has 0 spiro atoms. The van der Waals surface area contributed by atoms with E-state index in [4.69, 9.17) is 0 Å². The van der Waals surface area contributed by atoms with Gasteiger partial charge in [-0.15, -0.1) is 0 Å². The first-order chi connectivity index (χ1) is 8.15. The van der Waals surface area contributed by atoms with Gasteiger partial charge in [0.15, 0.2) is 0 Å². The van der Waals surface area contributed by atoms with Crippen LogP contribution in [0.15, 0.2) is 28.9 Å². The third-order valence-electron chi connectivity index (χ3n) is 2.90. The van der Waals surface area contributed by atoms with Crippen molar-refractivity contribution in [1.29, 1.82) is 0 Å². The molecule has 2 aromatic rings. The molecule has 0 N–H and O–H groups in total. The highest BCUT2D eigenvalue weighted by atomic mass is 79.9. The van der Waals surface area contributed by atoms with Crippen molar-refractivity contribution in [2.75, 3.05) is 5.75 Å². The van der Waals surface area contributed by atoms with E-state index in [1.807, 2.05) is 11.8 Å². The van der Waals surface area contributed by atoms with Crippen LogP contribution in [0.3, 0.4) is 0 Å². The first kappa shape index (κ1) is 13.0. The van der Waals surface area contributed by atoms with Gasteiger partial charge >= 0.3 is 0 Å². The number of halogens is 1. The average molecular weight is 312 g/mol. The fraction of sp³-hybridized carbons (Fsp3) is 0.429.